The standard InChI is InChI=1S/C14H19N3O2S2/c1-9(2)21(19)7-3-4-13(18)17-14-16-11-6-5-10(15)8-12(11)20-14/h5-6,8-9H,3-4,7,15H2,1-2H3,(H,16,17,18). The van der Waals surface area contributed by atoms with Gasteiger partial charge in [-0.1, -0.05) is 25.2 Å². The van der Waals surface area contributed by atoms with Gasteiger partial charge in [-0.25, -0.2) is 4.98 Å². The van der Waals surface area contributed by atoms with E-state index in [9.17, 15) is 9.00 Å². The van der Waals surface area contributed by atoms with Crippen molar-refractivity contribution in [1.82, 2.24) is 4.98 Å². The second-order valence-corrected chi connectivity index (χ2v) is 8.17. The highest BCUT2D eigenvalue weighted by Crippen LogP contribution is 2.27. The molecule has 2 aromatic rings. The van der Waals surface area contributed by atoms with Gasteiger partial charge in [-0.15, -0.1) is 0 Å². The van der Waals surface area contributed by atoms with E-state index in [-0.39, 0.29) is 11.2 Å². The van der Waals surface area contributed by atoms with Crippen LogP contribution in [0.25, 0.3) is 10.2 Å². The van der Waals surface area contributed by atoms with E-state index in [1.807, 2.05) is 26.0 Å². The largest absolute Gasteiger partial charge is 0.399 e. The van der Waals surface area contributed by atoms with Crippen molar-refractivity contribution in [1.29, 1.82) is 0 Å². The number of carbonyl (C=O) groups is 1. The molecule has 5 nitrogen and oxygen atoms in total. The molecule has 0 spiro atoms. The van der Waals surface area contributed by atoms with E-state index in [4.69, 9.17) is 5.73 Å². The normalized spacial score (nSPS) is 12.7. The zero-order valence-corrected chi connectivity index (χ0v) is 13.7. The van der Waals surface area contributed by atoms with E-state index < -0.39 is 10.8 Å². The Kier molecular flexibility index (Phi) is 5.30. The van der Waals surface area contributed by atoms with E-state index in [2.05, 4.69) is 10.3 Å². The van der Waals surface area contributed by atoms with Crippen LogP contribution in [-0.4, -0.2) is 26.1 Å². The van der Waals surface area contributed by atoms with Gasteiger partial charge in [0, 0.05) is 33.9 Å². The minimum Gasteiger partial charge on any atom is -0.399 e. The van der Waals surface area contributed by atoms with Crippen LogP contribution in [0.15, 0.2) is 18.2 Å². The molecule has 0 aliphatic rings. The average Bonchev–Trinajstić information content (AvgIpc) is 2.79. The van der Waals surface area contributed by atoms with Gasteiger partial charge in [0.05, 0.1) is 10.2 Å². The lowest BCUT2D eigenvalue weighted by atomic mass is 10.3. The molecule has 1 unspecified atom stereocenters. The van der Waals surface area contributed by atoms with Crippen LogP contribution in [-0.2, 0) is 15.6 Å². The van der Waals surface area contributed by atoms with E-state index in [0.29, 0.717) is 29.4 Å². The van der Waals surface area contributed by atoms with Crippen molar-refractivity contribution in [3.05, 3.63) is 18.2 Å². The number of thiazole rings is 1. The van der Waals surface area contributed by atoms with Crippen LogP contribution >= 0.6 is 11.3 Å². The number of nitrogens with two attached hydrogens (primary N) is 1. The van der Waals surface area contributed by atoms with Crippen LogP contribution < -0.4 is 11.1 Å². The molecule has 0 fully saturated rings. The number of anilines is 2. The Hall–Kier alpha value is -1.47. The van der Waals surface area contributed by atoms with E-state index in [1.165, 1.54) is 11.3 Å². The third kappa shape index (κ3) is 4.50. The number of fused-ring (bicyclic) bond motifs is 1. The summed E-state index contributed by atoms with van der Waals surface area (Å²) in [5, 5.41) is 3.50. The fourth-order valence-corrected chi connectivity index (χ4v) is 3.62. The van der Waals surface area contributed by atoms with Crippen molar-refractivity contribution in [2.75, 3.05) is 16.8 Å². The average molecular weight is 325 g/mol. The first-order chi connectivity index (χ1) is 9.95. The Bertz CT molecular complexity index is 667. The molecule has 114 valence electrons. The fraction of sp³-hybridized carbons (Fsp3) is 0.429. The number of rotatable bonds is 6. The van der Waals surface area contributed by atoms with E-state index in [0.717, 1.165) is 10.2 Å². The first kappa shape index (κ1) is 15.9. The molecule has 1 heterocycles. The van der Waals surface area contributed by atoms with E-state index >= 15 is 0 Å². The highest BCUT2D eigenvalue weighted by Gasteiger charge is 2.10. The lowest BCUT2D eigenvalue weighted by molar-refractivity contribution is -0.116. The Balaban J connectivity index is 1.88. The molecule has 0 saturated carbocycles. The quantitative estimate of drug-likeness (QED) is 0.800. The maximum absolute atomic E-state index is 11.8. The molecule has 1 aromatic heterocycles. The van der Waals surface area contributed by atoms with Crippen LogP contribution in [0.4, 0.5) is 10.8 Å². The Labute approximate surface area is 130 Å². The number of nitrogens with one attached hydrogen (secondary N) is 1. The molecule has 3 N–H and O–H groups in total. The minimum atomic E-state index is -0.857. The first-order valence-electron chi connectivity index (χ1n) is 6.79. The molecule has 0 saturated heterocycles. The summed E-state index contributed by atoms with van der Waals surface area (Å²) in [7, 11) is -0.857. The van der Waals surface area contributed by atoms with Crippen LogP contribution in [0, 0.1) is 0 Å². The highest BCUT2D eigenvalue weighted by molar-refractivity contribution is 7.85. The second-order valence-electron chi connectivity index (χ2n) is 5.03. The SMILES string of the molecule is CC(C)S(=O)CCCC(=O)Nc1nc2ccc(N)cc2s1. The summed E-state index contributed by atoms with van der Waals surface area (Å²) >= 11 is 1.40. The number of benzene rings is 1. The summed E-state index contributed by atoms with van der Waals surface area (Å²) in [6.07, 6.45) is 0.977. The van der Waals surface area contributed by atoms with Gasteiger partial charge in [0.15, 0.2) is 5.13 Å². The third-order valence-corrected chi connectivity index (χ3v) is 5.61. The number of hydrogen-bond acceptors (Lipinski definition) is 5. The van der Waals surface area contributed by atoms with E-state index in [1.54, 1.807) is 6.07 Å². The number of aromatic nitrogens is 1. The van der Waals surface area contributed by atoms with Crippen LogP contribution in [0.1, 0.15) is 26.7 Å². The van der Waals surface area contributed by atoms with Gasteiger partial charge in [0.2, 0.25) is 5.91 Å². The van der Waals surface area contributed by atoms with Crippen molar-refractivity contribution in [2.24, 2.45) is 0 Å². The summed E-state index contributed by atoms with van der Waals surface area (Å²) in [6.45, 7) is 3.84. The maximum atomic E-state index is 11.8. The summed E-state index contributed by atoms with van der Waals surface area (Å²) in [5.41, 5.74) is 7.22. The molecule has 21 heavy (non-hydrogen) atoms. The summed E-state index contributed by atoms with van der Waals surface area (Å²) in [5.74, 6) is 0.462. The van der Waals surface area contributed by atoms with Gasteiger partial charge in [-0.05, 0) is 24.6 Å². The van der Waals surface area contributed by atoms with Gasteiger partial charge in [0.25, 0.3) is 0 Å². The number of nitrogens with zero attached hydrogens (tertiary/aromatic N) is 1. The predicted octanol–water partition coefficient (Wildman–Crippen LogP) is 2.75. The minimum absolute atomic E-state index is 0.0946. The van der Waals surface area contributed by atoms with Gasteiger partial charge >= 0.3 is 0 Å². The lowest BCUT2D eigenvalue weighted by Gasteiger charge is -2.05. The van der Waals surface area contributed by atoms with Crippen molar-refractivity contribution >= 4 is 49.1 Å². The van der Waals surface area contributed by atoms with Crippen molar-refractivity contribution < 1.29 is 9.00 Å². The third-order valence-electron chi connectivity index (χ3n) is 2.93. The van der Waals surface area contributed by atoms with Crippen molar-refractivity contribution in [3.63, 3.8) is 0 Å². The summed E-state index contributed by atoms with van der Waals surface area (Å²) < 4.78 is 12.5. The zero-order chi connectivity index (χ0) is 15.4. The number of nitrogen functional groups attached to an aromatic ring is 1. The molecule has 2 rings (SSSR count). The molecule has 1 aromatic carbocycles. The Morgan fingerprint density at radius 2 is 2.24 bits per heavy atom. The number of hydrogen-bond donors (Lipinski definition) is 2. The molecular formula is C14H19N3O2S2. The summed E-state index contributed by atoms with van der Waals surface area (Å²) in [6, 6.07) is 5.46. The molecule has 1 atom stereocenters. The second kappa shape index (κ2) is 7.00. The van der Waals surface area contributed by atoms with Gasteiger partial charge in [-0.3, -0.25) is 9.00 Å². The molecule has 0 aliphatic heterocycles. The number of amides is 1. The molecule has 0 radical (unpaired) electrons. The van der Waals surface area contributed by atoms with Crippen LogP contribution in [0.3, 0.4) is 0 Å². The monoisotopic (exact) mass is 325 g/mol. The lowest BCUT2D eigenvalue weighted by Crippen LogP contribution is -2.14. The molecule has 1 amide bonds. The van der Waals surface area contributed by atoms with Gasteiger partial charge in [-0.2, -0.15) is 0 Å². The van der Waals surface area contributed by atoms with Crippen molar-refractivity contribution in [2.45, 2.75) is 31.9 Å². The predicted molar refractivity (Wildman–Crippen MR) is 90.0 cm³/mol. The summed E-state index contributed by atoms with van der Waals surface area (Å²) in [4.78, 5) is 16.2. The zero-order valence-electron chi connectivity index (χ0n) is 12.1. The molecule has 0 bridgehead atoms. The smallest absolute Gasteiger partial charge is 0.226 e. The maximum Gasteiger partial charge on any atom is 0.226 e. The molecule has 7 heteroatoms. The van der Waals surface area contributed by atoms with Gasteiger partial charge < -0.3 is 11.1 Å². The topological polar surface area (TPSA) is 85.1 Å². The Morgan fingerprint density at radius 1 is 1.48 bits per heavy atom. The molecular weight excluding hydrogens is 306 g/mol. The van der Waals surface area contributed by atoms with Crippen LogP contribution in [0.5, 0.6) is 0 Å². The van der Waals surface area contributed by atoms with Gasteiger partial charge in [0.1, 0.15) is 0 Å². The molecule has 0 aliphatic carbocycles. The first-order valence-corrected chi connectivity index (χ1v) is 8.98. The highest BCUT2D eigenvalue weighted by atomic mass is 32.2. The number of carbonyl (C=O) groups excluding carboxylic acids is 1. The fourth-order valence-electron chi connectivity index (χ4n) is 1.79. The Morgan fingerprint density at radius 3 is 2.95 bits per heavy atom. The van der Waals surface area contributed by atoms with Crippen molar-refractivity contribution in [3.8, 4) is 0 Å². The van der Waals surface area contributed by atoms with Crippen LogP contribution in [0.2, 0.25) is 0 Å².